The molecule has 1 rings (SSSR count). The lowest BCUT2D eigenvalue weighted by molar-refractivity contribution is -0.115. The number of aromatic hydroxyl groups is 1. The van der Waals surface area contributed by atoms with Crippen molar-refractivity contribution in [2.45, 2.75) is 25.7 Å². The van der Waals surface area contributed by atoms with Gasteiger partial charge in [-0.1, -0.05) is 24.2 Å². The lowest BCUT2D eigenvalue weighted by Gasteiger charge is -2.19. The number of nitrogens with zero attached hydrogens (tertiary/aromatic N) is 1. The van der Waals surface area contributed by atoms with E-state index in [2.05, 4.69) is 10.5 Å². The largest absolute Gasteiger partial charge is 0.507 e. The van der Waals surface area contributed by atoms with Crippen molar-refractivity contribution in [3.63, 3.8) is 0 Å². The number of hydrogen-bond acceptors (Lipinski definition) is 7. The molecular weight excluding hydrogens is 307 g/mol. The maximum atomic E-state index is 11.8. The third kappa shape index (κ3) is 4.69. The van der Waals surface area contributed by atoms with Gasteiger partial charge in [-0.15, -0.1) is 0 Å². The van der Waals surface area contributed by atoms with Crippen LogP contribution in [0.5, 0.6) is 5.75 Å². The molecule has 0 spiro atoms. The summed E-state index contributed by atoms with van der Waals surface area (Å²) < 4.78 is 0. The Kier molecular flexibility index (Phi) is 6.55. The number of carboxylic acids is 1. The Balaban J connectivity index is 3.00. The second-order valence-electron chi connectivity index (χ2n) is 4.72. The minimum Gasteiger partial charge on any atom is -0.507 e. The molecule has 1 unspecified atom stereocenters. The number of para-hydroxylation sites is 1. The van der Waals surface area contributed by atoms with Crippen molar-refractivity contribution in [1.29, 1.82) is 0 Å². The van der Waals surface area contributed by atoms with Crippen LogP contribution in [0, 0.1) is 0 Å². The third-order valence-electron chi connectivity index (χ3n) is 3.18. The average molecular weight is 324 g/mol. The normalized spacial score (nSPS) is 12.6. The number of carbonyl (C=O) groups excluding carboxylic acids is 1. The van der Waals surface area contributed by atoms with E-state index in [-0.39, 0.29) is 29.7 Å². The highest BCUT2D eigenvalue weighted by molar-refractivity contribution is 6.46. The van der Waals surface area contributed by atoms with Crippen molar-refractivity contribution >= 4 is 24.7 Å². The summed E-state index contributed by atoms with van der Waals surface area (Å²) in [5, 5.41) is 51.3. The van der Waals surface area contributed by atoms with Gasteiger partial charge >= 0.3 is 13.1 Å². The zero-order valence-corrected chi connectivity index (χ0v) is 12.3. The van der Waals surface area contributed by atoms with Crippen LogP contribution >= 0.6 is 0 Å². The number of amides is 1. The molecule has 0 saturated carbocycles. The molecule has 0 radical (unpaired) electrons. The Morgan fingerprint density at radius 1 is 1.35 bits per heavy atom. The van der Waals surface area contributed by atoms with Crippen molar-refractivity contribution < 1.29 is 35.1 Å². The van der Waals surface area contributed by atoms with Crippen LogP contribution in [-0.2, 0) is 11.2 Å². The van der Waals surface area contributed by atoms with E-state index in [9.17, 15) is 24.7 Å². The number of rotatable bonds is 7. The first kappa shape index (κ1) is 18.5. The van der Waals surface area contributed by atoms with Gasteiger partial charge in [0.15, 0.2) is 0 Å². The van der Waals surface area contributed by atoms with Gasteiger partial charge in [0.25, 0.3) is 5.91 Å². The van der Waals surface area contributed by atoms with Gasteiger partial charge in [0.1, 0.15) is 17.0 Å². The van der Waals surface area contributed by atoms with Crippen LogP contribution in [0.15, 0.2) is 23.4 Å². The SMILES string of the molecule is CC/C(=N/O)C(=O)NC(Cc1cccc(C(=O)O)c1O)B(O)O. The van der Waals surface area contributed by atoms with Crippen molar-refractivity contribution in [2.75, 3.05) is 0 Å². The molecule has 9 nitrogen and oxygen atoms in total. The van der Waals surface area contributed by atoms with Gasteiger partial charge in [-0.05, 0) is 24.5 Å². The Morgan fingerprint density at radius 3 is 2.48 bits per heavy atom. The number of oxime groups is 1. The number of nitrogens with one attached hydrogen (secondary N) is 1. The number of benzene rings is 1. The number of carboxylic acid groups (broad SMARTS) is 1. The Bertz CT molecular complexity index is 618. The van der Waals surface area contributed by atoms with E-state index >= 15 is 0 Å². The molecule has 124 valence electrons. The van der Waals surface area contributed by atoms with Crippen molar-refractivity contribution in [1.82, 2.24) is 5.32 Å². The fourth-order valence-electron chi connectivity index (χ4n) is 1.92. The van der Waals surface area contributed by atoms with Crippen molar-refractivity contribution in [3.8, 4) is 5.75 Å². The van der Waals surface area contributed by atoms with Crippen LogP contribution in [0.1, 0.15) is 29.3 Å². The van der Waals surface area contributed by atoms with Crippen molar-refractivity contribution in [3.05, 3.63) is 29.3 Å². The highest BCUT2D eigenvalue weighted by Crippen LogP contribution is 2.23. The second-order valence-corrected chi connectivity index (χ2v) is 4.72. The molecule has 0 aromatic heterocycles. The predicted molar refractivity (Wildman–Crippen MR) is 80.4 cm³/mol. The smallest absolute Gasteiger partial charge is 0.475 e. The quantitative estimate of drug-likeness (QED) is 0.168. The summed E-state index contributed by atoms with van der Waals surface area (Å²) in [6, 6.07) is 3.97. The highest BCUT2D eigenvalue weighted by Gasteiger charge is 2.28. The number of aromatic carboxylic acids is 1. The summed E-state index contributed by atoms with van der Waals surface area (Å²) >= 11 is 0. The molecule has 6 N–H and O–H groups in total. The fourth-order valence-corrected chi connectivity index (χ4v) is 1.92. The zero-order valence-electron chi connectivity index (χ0n) is 12.3. The summed E-state index contributed by atoms with van der Waals surface area (Å²) in [6.07, 6.45) is -0.116. The monoisotopic (exact) mass is 324 g/mol. The Morgan fingerprint density at radius 2 is 2.00 bits per heavy atom. The molecular formula is C13H17BN2O7. The first-order valence-corrected chi connectivity index (χ1v) is 6.73. The molecule has 0 saturated heterocycles. The minimum absolute atomic E-state index is 0.113. The maximum Gasteiger partial charge on any atom is 0.475 e. The van der Waals surface area contributed by atoms with Crippen LogP contribution in [0.2, 0.25) is 0 Å². The van der Waals surface area contributed by atoms with E-state index in [1.54, 1.807) is 6.92 Å². The first-order valence-electron chi connectivity index (χ1n) is 6.73. The molecule has 1 amide bonds. The van der Waals surface area contributed by atoms with Gasteiger partial charge in [-0.2, -0.15) is 0 Å². The summed E-state index contributed by atoms with van der Waals surface area (Å²) in [7, 11) is -1.97. The van der Waals surface area contributed by atoms with Crippen molar-refractivity contribution in [2.24, 2.45) is 5.16 Å². The summed E-state index contributed by atoms with van der Waals surface area (Å²) in [6.45, 7) is 1.57. The van der Waals surface area contributed by atoms with Crippen LogP contribution in [0.3, 0.4) is 0 Å². The van der Waals surface area contributed by atoms with Crippen LogP contribution < -0.4 is 5.32 Å². The first-order chi connectivity index (χ1) is 10.8. The van der Waals surface area contributed by atoms with E-state index < -0.39 is 30.7 Å². The molecule has 0 heterocycles. The summed E-state index contributed by atoms with van der Waals surface area (Å²) in [5.74, 6) is -3.90. The van der Waals surface area contributed by atoms with E-state index in [0.717, 1.165) is 0 Å². The molecule has 1 aromatic carbocycles. The topological polar surface area (TPSA) is 160 Å². The number of hydrogen-bond donors (Lipinski definition) is 6. The van der Waals surface area contributed by atoms with E-state index in [1.165, 1.54) is 18.2 Å². The molecule has 10 heteroatoms. The maximum absolute atomic E-state index is 11.8. The van der Waals surface area contributed by atoms with E-state index in [0.29, 0.717) is 0 Å². The average Bonchev–Trinajstić information content (AvgIpc) is 2.49. The van der Waals surface area contributed by atoms with E-state index in [1.807, 2.05) is 0 Å². The molecule has 0 aliphatic rings. The highest BCUT2D eigenvalue weighted by atomic mass is 16.4. The lowest BCUT2D eigenvalue weighted by Crippen LogP contribution is -2.49. The molecule has 0 aliphatic heterocycles. The van der Waals surface area contributed by atoms with Crippen LogP contribution in [0.4, 0.5) is 0 Å². The molecule has 23 heavy (non-hydrogen) atoms. The van der Waals surface area contributed by atoms with Gasteiger partial charge in [0.05, 0.1) is 5.94 Å². The zero-order chi connectivity index (χ0) is 17.6. The number of carbonyl (C=O) groups is 2. The van der Waals surface area contributed by atoms with Gasteiger partial charge in [0.2, 0.25) is 0 Å². The lowest BCUT2D eigenvalue weighted by atomic mass is 9.75. The van der Waals surface area contributed by atoms with Gasteiger partial charge in [-0.3, -0.25) is 4.79 Å². The van der Waals surface area contributed by atoms with Gasteiger partial charge in [0, 0.05) is 0 Å². The fraction of sp³-hybridized carbons (Fsp3) is 0.308. The predicted octanol–water partition coefficient (Wildman–Crippen LogP) is -0.630. The third-order valence-corrected chi connectivity index (χ3v) is 3.18. The van der Waals surface area contributed by atoms with Gasteiger partial charge in [-0.25, -0.2) is 4.79 Å². The number of phenols is 1. The van der Waals surface area contributed by atoms with Crippen LogP contribution in [0.25, 0.3) is 0 Å². The summed E-state index contributed by atoms with van der Waals surface area (Å²) in [4.78, 5) is 22.8. The summed E-state index contributed by atoms with van der Waals surface area (Å²) in [5.41, 5.74) is -0.437. The van der Waals surface area contributed by atoms with Gasteiger partial charge < -0.3 is 30.8 Å². The molecule has 1 aromatic rings. The Labute approximate surface area is 132 Å². The molecule has 1 atom stereocenters. The molecule has 0 fully saturated rings. The van der Waals surface area contributed by atoms with E-state index in [4.69, 9.17) is 10.3 Å². The molecule has 0 aliphatic carbocycles. The molecule has 0 bridgehead atoms. The second kappa shape index (κ2) is 8.15. The minimum atomic E-state index is -1.97. The standard InChI is InChI=1S/C13H17BN2O7/c1-2-9(16-23)12(18)15-10(14(21)22)6-7-4-3-5-8(11(7)17)13(19)20/h3-5,10,17,21-23H,2,6H2,1H3,(H,15,18)(H,19,20)/b16-9-. The Hall–Kier alpha value is -2.59. The van der Waals surface area contributed by atoms with Crippen LogP contribution in [-0.4, -0.2) is 56.1 Å².